The van der Waals surface area contributed by atoms with Gasteiger partial charge in [-0.1, -0.05) is 20.8 Å². The van der Waals surface area contributed by atoms with Crippen molar-refractivity contribution in [1.29, 1.82) is 0 Å². The number of nitrogens with two attached hydrogens (primary N) is 1. The van der Waals surface area contributed by atoms with Crippen molar-refractivity contribution in [1.82, 2.24) is 0 Å². The number of hydrogen-bond acceptors (Lipinski definition) is 4. The van der Waals surface area contributed by atoms with Gasteiger partial charge in [0.25, 0.3) is 5.91 Å². The highest BCUT2D eigenvalue weighted by atomic mass is 32.1. The SMILES string of the molecule is CC(C)(C)OC(=O)Nc1sc2c(c1C(N)=O)CCC(C(C)(C)C)C2. The smallest absolute Gasteiger partial charge is 0.412 e. The Kier molecular flexibility index (Phi) is 5.00. The average molecular weight is 353 g/mol. The Hall–Kier alpha value is -1.56. The topological polar surface area (TPSA) is 81.4 Å². The first-order valence-electron chi connectivity index (χ1n) is 8.33. The molecule has 0 fully saturated rings. The van der Waals surface area contributed by atoms with Crippen molar-refractivity contribution in [2.24, 2.45) is 17.1 Å². The molecule has 0 aromatic carbocycles. The van der Waals surface area contributed by atoms with Gasteiger partial charge in [0.05, 0.1) is 5.56 Å². The first-order chi connectivity index (χ1) is 10.9. The number of fused-ring (bicyclic) bond motifs is 1. The third kappa shape index (κ3) is 4.29. The summed E-state index contributed by atoms with van der Waals surface area (Å²) >= 11 is 1.45. The normalized spacial score (nSPS) is 18.0. The fourth-order valence-corrected chi connectivity index (χ4v) is 4.39. The van der Waals surface area contributed by atoms with Crippen molar-refractivity contribution < 1.29 is 14.3 Å². The fraction of sp³-hybridized carbons (Fsp3) is 0.667. The number of carbonyl (C=O) groups excluding carboxylic acids is 2. The minimum atomic E-state index is -0.592. The number of amides is 2. The second kappa shape index (κ2) is 6.39. The largest absolute Gasteiger partial charge is 0.444 e. The number of rotatable bonds is 2. The molecule has 134 valence electrons. The van der Waals surface area contributed by atoms with Gasteiger partial charge >= 0.3 is 6.09 Å². The van der Waals surface area contributed by atoms with Gasteiger partial charge in [-0.3, -0.25) is 10.1 Å². The maximum Gasteiger partial charge on any atom is 0.412 e. The zero-order chi connectivity index (χ0) is 18.3. The Labute approximate surface area is 148 Å². The van der Waals surface area contributed by atoms with E-state index in [-0.39, 0.29) is 5.41 Å². The molecule has 1 heterocycles. The predicted octanol–water partition coefficient (Wildman–Crippen LogP) is 4.35. The molecule has 0 aliphatic heterocycles. The molecule has 1 aliphatic carbocycles. The summed E-state index contributed by atoms with van der Waals surface area (Å²) in [6.45, 7) is 12.1. The molecule has 1 atom stereocenters. The first-order valence-corrected chi connectivity index (χ1v) is 9.14. The lowest BCUT2D eigenvalue weighted by atomic mass is 9.72. The molecule has 6 heteroatoms. The molecule has 0 saturated carbocycles. The van der Waals surface area contributed by atoms with Crippen molar-refractivity contribution in [3.63, 3.8) is 0 Å². The molecular weight excluding hydrogens is 324 g/mol. The van der Waals surface area contributed by atoms with Crippen LogP contribution in [0.15, 0.2) is 0 Å². The minimum Gasteiger partial charge on any atom is -0.444 e. The molecule has 1 unspecified atom stereocenters. The number of carbonyl (C=O) groups is 2. The van der Waals surface area contributed by atoms with E-state index >= 15 is 0 Å². The third-order valence-corrected chi connectivity index (χ3v) is 5.52. The summed E-state index contributed by atoms with van der Waals surface area (Å²) in [6.07, 6.45) is 2.21. The third-order valence-electron chi connectivity index (χ3n) is 4.35. The molecule has 3 N–H and O–H groups in total. The number of ether oxygens (including phenoxy) is 1. The van der Waals surface area contributed by atoms with E-state index in [1.54, 1.807) is 20.8 Å². The summed E-state index contributed by atoms with van der Waals surface area (Å²) in [5.41, 5.74) is 6.66. The van der Waals surface area contributed by atoms with E-state index < -0.39 is 17.6 Å². The first kappa shape index (κ1) is 18.8. The maximum atomic E-state index is 12.1. The van der Waals surface area contributed by atoms with Gasteiger partial charge in [0.2, 0.25) is 0 Å². The van der Waals surface area contributed by atoms with E-state index in [2.05, 4.69) is 26.1 Å². The maximum absolute atomic E-state index is 12.1. The van der Waals surface area contributed by atoms with Crippen LogP contribution in [0.1, 0.15) is 68.8 Å². The van der Waals surface area contributed by atoms with Crippen LogP contribution in [0.3, 0.4) is 0 Å². The fourth-order valence-electron chi connectivity index (χ4n) is 3.07. The van der Waals surface area contributed by atoms with Crippen molar-refractivity contribution in [3.8, 4) is 0 Å². The van der Waals surface area contributed by atoms with Crippen LogP contribution in [0, 0.1) is 11.3 Å². The van der Waals surface area contributed by atoms with E-state index in [1.807, 2.05) is 0 Å². The molecule has 1 aliphatic rings. The Balaban J connectivity index is 2.29. The molecule has 2 rings (SSSR count). The zero-order valence-electron chi connectivity index (χ0n) is 15.4. The number of primary amides is 1. The Morgan fingerprint density at radius 2 is 1.83 bits per heavy atom. The molecular formula is C18H28N2O3S. The highest BCUT2D eigenvalue weighted by Crippen LogP contribution is 2.44. The quantitative estimate of drug-likeness (QED) is 0.830. The number of anilines is 1. The van der Waals surface area contributed by atoms with Crippen LogP contribution in [0.25, 0.3) is 0 Å². The lowest BCUT2D eigenvalue weighted by Gasteiger charge is -2.33. The average Bonchev–Trinajstić information content (AvgIpc) is 2.71. The monoisotopic (exact) mass is 352 g/mol. The van der Waals surface area contributed by atoms with E-state index in [1.165, 1.54) is 11.3 Å². The second-order valence-corrected chi connectivity index (χ2v) is 9.61. The van der Waals surface area contributed by atoms with Gasteiger partial charge in [-0.2, -0.15) is 0 Å². The molecule has 0 saturated heterocycles. The van der Waals surface area contributed by atoms with Crippen LogP contribution in [0.5, 0.6) is 0 Å². The van der Waals surface area contributed by atoms with Crippen molar-refractivity contribution in [2.75, 3.05) is 5.32 Å². The summed E-state index contributed by atoms with van der Waals surface area (Å²) in [7, 11) is 0. The van der Waals surface area contributed by atoms with Crippen LogP contribution in [0.4, 0.5) is 9.80 Å². The van der Waals surface area contributed by atoms with Gasteiger partial charge < -0.3 is 10.5 Å². The molecule has 0 spiro atoms. The summed E-state index contributed by atoms with van der Waals surface area (Å²) in [5.74, 6) is 0.0616. The lowest BCUT2D eigenvalue weighted by molar-refractivity contribution is 0.0636. The summed E-state index contributed by atoms with van der Waals surface area (Å²) in [5, 5.41) is 3.23. The van der Waals surface area contributed by atoms with E-state index in [0.717, 1.165) is 29.7 Å². The molecule has 0 radical (unpaired) electrons. The molecule has 5 nitrogen and oxygen atoms in total. The predicted molar refractivity (Wildman–Crippen MR) is 97.7 cm³/mol. The van der Waals surface area contributed by atoms with Gasteiger partial charge in [-0.05, 0) is 56.9 Å². The van der Waals surface area contributed by atoms with E-state index in [9.17, 15) is 9.59 Å². The van der Waals surface area contributed by atoms with Gasteiger partial charge in [0, 0.05) is 4.88 Å². The second-order valence-electron chi connectivity index (χ2n) is 8.50. The van der Waals surface area contributed by atoms with Gasteiger partial charge in [-0.15, -0.1) is 11.3 Å². The molecule has 24 heavy (non-hydrogen) atoms. The van der Waals surface area contributed by atoms with Crippen molar-refractivity contribution in [2.45, 2.75) is 66.4 Å². The number of hydrogen-bond donors (Lipinski definition) is 2. The van der Waals surface area contributed by atoms with Crippen LogP contribution in [-0.2, 0) is 17.6 Å². The molecule has 2 amide bonds. The number of nitrogens with one attached hydrogen (secondary N) is 1. The summed E-state index contributed by atoms with van der Waals surface area (Å²) in [4.78, 5) is 25.2. The van der Waals surface area contributed by atoms with Crippen LogP contribution in [-0.4, -0.2) is 17.6 Å². The highest BCUT2D eigenvalue weighted by Gasteiger charge is 2.33. The van der Waals surface area contributed by atoms with E-state index in [0.29, 0.717) is 16.5 Å². The minimum absolute atomic E-state index is 0.216. The summed E-state index contributed by atoms with van der Waals surface area (Å²) < 4.78 is 5.29. The Morgan fingerprint density at radius 3 is 2.33 bits per heavy atom. The Morgan fingerprint density at radius 1 is 1.21 bits per heavy atom. The zero-order valence-corrected chi connectivity index (χ0v) is 16.2. The molecule has 0 bridgehead atoms. The summed E-state index contributed by atoms with van der Waals surface area (Å²) in [6, 6.07) is 0. The van der Waals surface area contributed by atoms with Crippen molar-refractivity contribution in [3.05, 3.63) is 16.0 Å². The Bertz CT molecular complexity index is 650. The lowest BCUT2D eigenvalue weighted by Crippen LogP contribution is -2.28. The van der Waals surface area contributed by atoms with Crippen molar-refractivity contribution >= 4 is 28.3 Å². The number of thiophene rings is 1. The van der Waals surface area contributed by atoms with Crippen LogP contribution >= 0.6 is 11.3 Å². The highest BCUT2D eigenvalue weighted by molar-refractivity contribution is 7.17. The standard InChI is InChI=1S/C18H28N2O3S/c1-17(2,3)10-7-8-11-12(9-10)24-15(13(11)14(19)21)20-16(22)23-18(4,5)6/h10H,7-9H2,1-6H3,(H2,19,21)(H,20,22). The molecule has 1 aromatic rings. The van der Waals surface area contributed by atoms with Gasteiger partial charge in [0.15, 0.2) is 0 Å². The van der Waals surface area contributed by atoms with Gasteiger partial charge in [-0.25, -0.2) is 4.79 Å². The molecule has 1 aromatic heterocycles. The van der Waals surface area contributed by atoms with E-state index in [4.69, 9.17) is 10.5 Å². The van der Waals surface area contributed by atoms with Crippen LogP contribution in [0.2, 0.25) is 0 Å². The van der Waals surface area contributed by atoms with Crippen LogP contribution < -0.4 is 11.1 Å². The van der Waals surface area contributed by atoms with Gasteiger partial charge in [0.1, 0.15) is 10.6 Å².